The van der Waals surface area contributed by atoms with Crippen LogP contribution in [0.1, 0.15) is 24.4 Å². The predicted octanol–water partition coefficient (Wildman–Crippen LogP) is 3.32. The number of hydrogen-bond donors (Lipinski definition) is 1. The first kappa shape index (κ1) is 9.75. The van der Waals surface area contributed by atoms with Crippen molar-refractivity contribution in [3.05, 3.63) is 47.5 Å². The summed E-state index contributed by atoms with van der Waals surface area (Å²) in [6, 6.07) is 9.00. The second-order valence-electron chi connectivity index (χ2n) is 3.69. The summed E-state index contributed by atoms with van der Waals surface area (Å²) in [6.45, 7) is 3.80. The molecule has 1 nitrogen and oxygen atoms in total. The zero-order valence-corrected chi connectivity index (χ0v) is 8.80. The number of nitrogens with one attached hydrogen (secondary N) is 1. The Morgan fingerprint density at radius 2 is 2.00 bits per heavy atom. The smallest absolute Gasteiger partial charge is 0.0406 e. The molecule has 0 aliphatic carbocycles. The zero-order valence-electron chi connectivity index (χ0n) is 8.04. The highest BCUT2D eigenvalue weighted by Gasteiger charge is 2.22. The van der Waals surface area contributed by atoms with Crippen LogP contribution in [0.4, 0.5) is 0 Å². The van der Waals surface area contributed by atoms with E-state index in [1.807, 2.05) is 18.2 Å². The third-order valence-corrected chi connectivity index (χ3v) is 2.99. The molecule has 1 saturated heterocycles. The van der Waals surface area contributed by atoms with Gasteiger partial charge in [-0.3, -0.25) is 0 Å². The molecular formula is C12H14ClN. The second kappa shape index (κ2) is 4.16. The minimum atomic E-state index is 0.468. The van der Waals surface area contributed by atoms with Crippen LogP contribution in [0.3, 0.4) is 0 Å². The molecule has 1 N–H and O–H groups in total. The van der Waals surface area contributed by atoms with E-state index in [4.69, 9.17) is 11.6 Å². The molecule has 1 aliphatic heterocycles. The van der Waals surface area contributed by atoms with Gasteiger partial charge in [0.25, 0.3) is 0 Å². The van der Waals surface area contributed by atoms with Gasteiger partial charge in [0.15, 0.2) is 0 Å². The topological polar surface area (TPSA) is 12.0 Å². The van der Waals surface area contributed by atoms with Crippen LogP contribution in [-0.4, -0.2) is 6.04 Å². The summed E-state index contributed by atoms with van der Waals surface area (Å²) in [6.07, 6.45) is 4.34. The van der Waals surface area contributed by atoms with Crippen LogP contribution in [0.15, 0.2) is 36.9 Å². The Morgan fingerprint density at radius 3 is 2.57 bits per heavy atom. The molecular weight excluding hydrogens is 194 g/mol. The maximum atomic E-state index is 5.84. The van der Waals surface area contributed by atoms with Gasteiger partial charge in [-0.25, -0.2) is 0 Å². The standard InChI is InChI=1S/C12H14ClN/c1-2-11-7-8-12(14-11)9-3-5-10(13)6-4-9/h2-6,11-12,14H,1,7-8H2/t11-,12-/m0/s1. The van der Waals surface area contributed by atoms with E-state index >= 15 is 0 Å². The van der Waals surface area contributed by atoms with Crippen LogP contribution < -0.4 is 5.32 Å². The second-order valence-corrected chi connectivity index (χ2v) is 4.13. The van der Waals surface area contributed by atoms with Crippen molar-refractivity contribution in [1.82, 2.24) is 5.32 Å². The highest BCUT2D eigenvalue weighted by Crippen LogP contribution is 2.27. The largest absolute Gasteiger partial charge is 0.304 e. The first-order valence-corrected chi connectivity index (χ1v) is 5.31. The summed E-state index contributed by atoms with van der Waals surface area (Å²) >= 11 is 5.84. The number of rotatable bonds is 2. The molecule has 2 rings (SSSR count). The summed E-state index contributed by atoms with van der Waals surface area (Å²) < 4.78 is 0. The van der Waals surface area contributed by atoms with Crippen LogP contribution in [0, 0.1) is 0 Å². The van der Waals surface area contributed by atoms with Gasteiger partial charge in [0, 0.05) is 17.1 Å². The zero-order chi connectivity index (χ0) is 9.97. The van der Waals surface area contributed by atoms with E-state index in [-0.39, 0.29) is 0 Å². The van der Waals surface area contributed by atoms with Crippen molar-refractivity contribution in [3.8, 4) is 0 Å². The Hall–Kier alpha value is -0.790. The van der Waals surface area contributed by atoms with Crippen molar-refractivity contribution in [3.63, 3.8) is 0 Å². The Labute approximate surface area is 89.8 Å². The molecule has 0 aromatic heterocycles. The molecule has 1 aromatic rings. The Morgan fingerprint density at radius 1 is 1.29 bits per heavy atom. The van der Waals surface area contributed by atoms with E-state index in [0.29, 0.717) is 12.1 Å². The number of hydrogen-bond acceptors (Lipinski definition) is 1. The fourth-order valence-electron chi connectivity index (χ4n) is 1.92. The SMILES string of the molecule is C=C[C@H]1CC[C@@H](c2ccc(Cl)cc2)N1. The summed E-state index contributed by atoms with van der Waals surface area (Å²) in [5.41, 5.74) is 1.32. The van der Waals surface area contributed by atoms with Crippen molar-refractivity contribution in [2.75, 3.05) is 0 Å². The van der Waals surface area contributed by atoms with Gasteiger partial charge in [-0.2, -0.15) is 0 Å². The highest BCUT2D eigenvalue weighted by molar-refractivity contribution is 6.30. The van der Waals surface area contributed by atoms with Crippen molar-refractivity contribution < 1.29 is 0 Å². The molecule has 74 valence electrons. The molecule has 0 radical (unpaired) electrons. The molecule has 0 amide bonds. The predicted molar refractivity (Wildman–Crippen MR) is 60.5 cm³/mol. The van der Waals surface area contributed by atoms with Gasteiger partial charge in [0.1, 0.15) is 0 Å². The Kier molecular flexibility index (Phi) is 2.90. The Bertz CT molecular complexity index is 318. The molecule has 0 bridgehead atoms. The first-order chi connectivity index (χ1) is 6.79. The average Bonchev–Trinajstić information content (AvgIpc) is 2.67. The molecule has 2 atom stereocenters. The van der Waals surface area contributed by atoms with E-state index in [1.165, 1.54) is 18.4 Å². The van der Waals surface area contributed by atoms with Gasteiger partial charge in [0.05, 0.1) is 0 Å². The monoisotopic (exact) mass is 207 g/mol. The lowest BCUT2D eigenvalue weighted by atomic mass is 10.1. The minimum Gasteiger partial charge on any atom is -0.304 e. The number of benzene rings is 1. The van der Waals surface area contributed by atoms with Crippen molar-refractivity contribution in [1.29, 1.82) is 0 Å². The normalized spacial score (nSPS) is 26.4. The summed E-state index contributed by atoms with van der Waals surface area (Å²) in [4.78, 5) is 0. The van der Waals surface area contributed by atoms with Crippen LogP contribution >= 0.6 is 11.6 Å². The number of halogens is 1. The fourth-order valence-corrected chi connectivity index (χ4v) is 2.04. The molecule has 1 aliphatic rings. The van der Waals surface area contributed by atoms with Crippen molar-refractivity contribution in [2.24, 2.45) is 0 Å². The molecule has 14 heavy (non-hydrogen) atoms. The van der Waals surface area contributed by atoms with Crippen molar-refractivity contribution in [2.45, 2.75) is 24.9 Å². The maximum Gasteiger partial charge on any atom is 0.0406 e. The summed E-state index contributed by atoms with van der Waals surface area (Å²) in [7, 11) is 0. The quantitative estimate of drug-likeness (QED) is 0.734. The summed E-state index contributed by atoms with van der Waals surface area (Å²) in [5, 5.41) is 4.31. The molecule has 1 heterocycles. The average molecular weight is 208 g/mol. The lowest BCUT2D eigenvalue weighted by Gasteiger charge is -2.12. The molecule has 0 saturated carbocycles. The van der Waals surface area contributed by atoms with Gasteiger partial charge >= 0.3 is 0 Å². The van der Waals surface area contributed by atoms with E-state index in [0.717, 1.165) is 5.02 Å². The first-order valence-electron chi connectivity index (χ1n) is 4.93. The van der Waals surface area contributed by atoms with Crippen LogP contribution in [-0.2, 0) is 0 Å². The molecule has 1 aromatic carbocycles. The van der Waals surface area contributed by atoms with Gasteiger partial charge in [-0.05, 0) is 30.5 Å². The molecule has 2 heteroatoms. The lowest BCUT2D eigenvalue weighted by Crippen LogP contribution is -2.21. The van der Waals surface area contributed by atoms with Crippen LogP contribution in [0.25, 0.3) is 0 Å². The summed E-state index contributed by atoms with van der Waals surface area (Å²) in [5.74, 6) is 0. The maximum absolute atomic E-state index is 5.84. The minimum absolute atomic E-state index is 0.468. The van der Waals surface area contributed by atoms with Crippen LogP contribution in [0.5, 0.6) is 0 Å². The van der Waals surface area contributed by atoms with Crippen LogP contribution in [0.2, 0.25) is 5.02 Å². The Balaban J connectivity index is 2.09. The van der Waals surface area contributed by atoms with Gasteiger partial charge in [-0.15, -0.1) is 6.58 Å². The molecule has 1 fully saturated rings. The third kappa shape index (κ3) is 1.99. The van der Waals surface area contributed by atoms with E-state index < -0.39 is 0 Å². The fraction of sp³-hybridized carbons (Fsp3) is 0.333. The van der Waals surface area contributed by atoms with E-state index in [9.17, 15) is 0 Å². The highest BCUT2D eigenvalue weighted by atomic mass is 35.5. The van der Waals surface area contributed by atoms with E-state index in [1.54, 1.807) is 0 Å². The third-order valence-electron chi connectivity index (χ3n) is 2.74. The van der Waals surface area contributed by atoms with Gasteiger partial charge in [0.2, 0.25) is 0 Å². The molecule has 0 unspecified atom stereocenters. The van der Waals surface area contributed by atoms with Crippen molar-refractivity contribution >= 4 is 11.6 Å². The van der Waals surface area contributed by atoms with Gasteiger partial charge < -0.3 is 5.32 Å². The lowest BCUT2D eigenvalue weighted by molar-refractivity contribution is 0.613. The van der Waals surface area contributed by atoms with Gasteiger partial charge in [-0.1, -0.05) is 29.8 Å². The van der Waals surface area contributed by atoms with E-state index in [2.05, 4.69) is 24.0 Å². The molecule has 0 spiro atoms.